The number of nitrogens with zero attached hydrogens (tertiary/aromatic N) is 2. The van der Waals surface area contributed by atoms with E-state index < -0.39 is 5.69 Å². The molecule has 0 saturated heterocycles. The molecule has 1 aromatic heterocycles. The Morgan fingerprint density at radius 3 is 2.65 bits per heavy atom. The van der Waals surface area contributed by atoms with Gasteiger partial charge in [0.15, 0.2) is 0 Å². The Morgan fingerprint density at radius 2 is 2.00 bits per heavy atom. The van der Waals surface area contributed by atoms with Gasteiger partial charge in [-0.25, -0.2) is 4.79 Å². The van der Waals surface area contributed by atoms with Gasteiger partial charge in [-0.05, 0) is 19.1 Å². The van der Waals surface area contributed by atoms with Crippen molar-refractivity contribution in [1.82, 2.24) is 9.13 Å². The van der Waals surface area contributed by atoms with Crippen LogP contribution in [0.5, 0.6) is 0 Å². The highest BCUT2D eigenvalue weighted by atomic mass is 16.3. The van der Waals surface area contributed by atoms with Crippen molar-refractivity contribution < 1.29 is 5.11 Å². The Hall–Kier alpha value is -1.88. The minimum atomic E-state index is -0.402. The summed E-state index contributed by atoms with van der Waals surface area (Å²) in [5.41, 5.74) is 0.824. The predicted molar refractivity (Wildman–Crippen MR) is 65.3 cm³/mol. The number of aromatic nitrogens is 2. The van der Waals surface area contributed by atoms with Gasteiger partial charge in [0.2, 0.25) is 0 Å². The van der Waals surface area contributed by atoms with E-state index in [1.807, 2.05) is 13.0 Å². The van der Waals surface area contributed by atoms with Crippen LogP contribution in [0, 0.1) is 6.92 Å². The highest BCUT2D eigenvalue weighted by Gasteiger charge is 2.10. The smallest absolute Gasteiger partial charge is 0.331 e. The summed E-state index contributed by atoms with van der Waals surface area (Å²) in [6.45, 7) is 1.68. The van der Waals surface area contributed by atoms with Crippen molar-refractivity contribution in [3.05, 3.63) is 44.6 Å². The first kappa shape index (κ1) is 11.6. The summed E-state index contributed by atoms with van der Waals surface area (Å²) >= 11 is 0. The largest absolute Gasteiger partial charge is 0.395 e. The summed E-state index contributed by atoms with van der Waals surface area (Å²) in [6.07, 6.45) is 0. The van der Waals surface area contributed by atoms with E-state index in [4.69, 9.17) is 5.11 Å². The van der Waals surface area contributed by atoms with Gasteiger partial charge >= 0.3 is 5.69 Å². The maximum atomic E-state index is 12.1. The molecular weight excluding hydrogens is 220 g/mol. The van der Waals surface area contributed by atoms with Crippen molar-refractivity contribution in [2.75, 3.05) is 6.61 Å². The fraction of sp³-hybridized carbons (Fsp3) is 0.333. The van der Waals surface area contributed by atoms with Gasteiger partial charge in [0.25, 0.3) is 5.56 Å². The third-order valence-corrected chi connectivity index (χ3v) is 2.83. The molecule has 0 amide bonds. The normalized spacial score (nSPS) is 11.0. The van der Waals surface area contributed by atoms with E-state index in [1.165, 1.54) is 4.57 Å². The highest BCUT2D eigenvalue weighted by molar-refractivity contribution is 5.78. The molecular formula is C12H14N2O3. The number of aryl methyl sites for hydroxylation is 2. The molecule has 0 fully saturated rings. The Labute approximate surface area is 97.5 Å². The summed E-state index contributed by atoms with van der Waals surface area (Å²) in [5.74, 6) is 0. The van der Waals surface area contributed by atoms with Crippen LogP contribution in [0.1, 0.15) is 5.56 Å². The Morgan fingerprint density at radius 1 is 1.29 bits per heavy atom. The first-order valence-corrected chi connectivity index (χ1v) is 5.37. The number of aliphatic hydroxyl groups is 1. The molecule has 5 nitrogen and oxygen atoms in total. The van der Waals surface area contributed by atoms with Gasteiger partial charge < -0.3 is 5.11 Å². The second-order valence-electron chi connectivity index (χ2n) is 4.04. The zero-order valence-corrected chi connectivity index (χ0v) is 9.80. The SMILES string of the molecule is Cc1ccc2c(c1)c(=O)n(CCO)c(=O)n2C. The molecule has 0 aliphatic heterocycles. The summed E-state index contributed by atoms with van der Waals surface area (Å²) in [4.78, 5) is 24.0. The van der Waals surface area contributed by atoms with Crippen molar-refractivity contribution >= 4 is 10.9 Å². The van der Waals surface area contributed by atoms with Crippen molar-refractivity contribution in [1.29, 1.82) is 0 Å². The maximum Gasteiger partial charge on any atom is 0.331 e. The van der Waals surface area contributed by atoms with Crippen LogP contribution in [0.4, 0.5) is 0 Å². The van der Waals surface area contributed by atoms with Gasteiger partial charge in [-0.2, -0.15) is 0 Å². The van der Waals surface area contributed by atoms with Crippen molar-refractivity contribution in [2.45, 2.75) is 13.5 Å². The minimum Gasteiger partial charge on any atom is -0.395 e. The average molecular weight is 234 g/mol. The molecule has 90 valence electrons. The van der Waals surface area contributed by atoms with E-state index in [2.05, 4.69) is 0 Å². The fourth-order valence-corrected chi connectivity index (χ4v) is 1.93. The molecule has 0 atom stereocenters. The molecule has 0 saturated carbocycles. The van der Waals surface area contributed by atoms with Crippen molar-refractivity contribution in [3.8, 4) is 0 Å². The lowest BCUT2D eigenvalue weighted by Crippen LogP contribution is -2.39. The Balaban J connectivity index is 2.96. The molecule has 0 unspecified atom stereocenters. The van der Waals surface area contributed by atoms with Gasteiger partial charge in [0, 0.05) is 7.05 Å². The van der Waals surface area contributed by atoms with Crippen molar-refractivity contribution in [3.63, 3.8) is 0 Å². The lowest BCUT2D eigenvalue weighted by atomic mass is 10.1. The zero-order chi connectivity index (χ0) is 12.6. The van der Waals surface area contributed by atoms with Crippen molar-refractivity contribution in [2.24, 2.45) is 7.05 Å². The Kier molecular flexibility index (Phi) is 2.85. The lowest BCUT2D eigenvalue weighted by Gasteiger charge is -2.09. The third-order valence-electron chi connectivity index (χ3n) is 2.83. The molecule has 0 spiro atoms. The van der Waals surface area contributed by atoms with Crippen LogP contribution in [-0.2, 0) is 13.6 Å². The van der Waals surface area contributed by atoms with Crippen LogP contribution in [0.2, 0.25) is 0 Å². The maximum absolute atomic E-state index is 12.1. The summed E-state index contributed by atoms with van der Waals surface area (Å²) in [5, 5.41) is 9.38. The monoisotopic (exact) mass is 234 g/mol. The minimum absolute atomic E-state index is 0.0232. The molecule has 0 aliphatic rings. The summed E-state index contributed by atoms with van der Waals surface area (Å²) in [7, 11) is 1.62. The molecule has 1 N–H and O–H groups in total. The molecule has 2 aromatic rings. The van der Waals surface area contributed by atoms with E-state index in [0.717, 1.165) is 10.1 Å². The number of rotatable bonds is 2. The van der Waals surface area contributed by atoms with E-state index in [1.54, 1.807) is 19.2 Å². The standard InChI is InChI=1S/C12H14N2O3/c1-8-3-4-10-9(7-8)11(16)14(5-6-15)12(17)13(10)2/h3-4,7,15H,5-6H2,1-2H3. The predicted octanol–water partition coefficient (Wildman–Crippen LogP) is 0.000920. The topological polar surface area (TPSA) is 64.2 Å². The molecule has 5 heteroatoms. The number of hydrogen-bond acceptors (Lipinski definition) is 3. The quantitative estimate of drug-likeness (QED) is 0.795. The van der Waals surface area contributed by atoms with E-state index in [-0.39, 0.29) is 18.7 Å². The molecule has 1 aromatic carbocycles. The number of hydrogen-bond donors (Lipinski definition) is 1. The summed E-state index contributed by atoms with van der Waals surface area (Å²) < 4.78 is 2.48. The zero-order valence-electron chi connectivity index (χ0n) is 9.80. The van der Waals surface area contributed by atoms with Crippen LogP contribution < -0.4 is 11.2 Å². The van der Waals surface area contributed by atoms with E-state index >= 15 is 0 Å². The van der Waals surface area contributed by atoms with Crippen LogP contribution in [-0.4, -0.2) is 20.8 Å². The first-order valence-electron chi connectivity index (χ1n) is 5.37. The van der Waals surface area contributed by atoms with E-state index in [0.29, 0.717) is 10.9 Å². The molecule has 2 rings (SSSR count). The average Bonchev–Trinajstić information content (AvgIpc) is 2.32. The van der Waals surface area contributed by atoms with Crippen LogP contribution >= 0.6 is 0 Å². The molecule has 1 heterocycles. The van der Waals surface area contributed by atoms with E-state index in [9.17, 15) is 9.59 Å². The number of fused-ring (bicyclic) bond motifs is 1. The first-order chi connectivity index (χ1) is 8.06. The second kappa shape index (κ2) is 4.18. The molecule has 17 heavy (non-hydrogen) atoms. The molecule has 0 aliphatic carbocycles. The second-order valence-corrected chi connectivity index (χ2v) is 4.04. The summed E-state index contributed by atoms with van der Waals surface area (Å²) in [6, 6.07) is 5.37. The van der Waals surface area contributed by atoms with Gasteiger partial charge in [0.05, 0.1) is 24.1 Å². The van der Waals surface area contributed by atoms with Crippen LogP contribution in [0.25, 0.3) is 10.9 Å². The third kappa shape index (κ3) is 1.78. The van der Waals surface area contributed by atoms with Gasteiger partial charge in [-0.1, -0.05) is 11.6 Å². The number of benzene rings is 1. The number of aliphatic hydroxyl groups excluding tert-OH is 1. The lowest BCUT2D eigenvalue weighted by molar-refractivity contribution is 0.271. The van der Waals surface area contributed by atoms with Crippen LogP contribution in [0.15, 0.2) is 27.8 Å². The van der Waals surface area contributed by atoms with Crippen LogP contribution in [0.3, 0.4) is 0 Å². The highest BCUT2D eigenvalue weighted by Crippen LogP contribution is 2.09. The van der Waals surface area contributed by atoms with Gasteiger partial charge in [-0.15, -0.1) is 0 Å². The fourth-order valence-electron chi connectivity index (χ4n) is 1.93. The Bertz CT molecular complexity index is 682. The van der Waals surface area contributed by atoms with Gasteiger partial charge in [0.1, 0.15) is 0 Å². The molecule has 0 radical (unpaired) electrons. The van der Waals surface area contributed by atoms with Gasteiger partial charge in [-0.3, -0.25) is 13.9 Å². The molecule has 0 bridgehead atoms.